The van der Waals surface area contributed by atoms with Crippen LogP contribution in [0.25, 0.3) is 11.1 Å². The third kappa shape index (κ3) is 2.34. The maximum atomic E-state index is 13.6. The smallest absolute Gasteiger partial charge is 0.131 e. The zero-order chi connectivity index (χ0) is 12.4. The molecule has 0 amide bonds. The lowest BCUT2D eigenvalue weighted by atomic mass is 9.98. The topological polar surface area (TPSA) is 26.0 Å². The molecule has 2 aromatic carbocycles. The van der Waals surface area contributed by atoms with Crippen LogP contribution in [0.3, 0.4) is 0 Å². The van der Waals surface area contributed by atoms with Gasteiger partial charge in [0.2, 0.25) is 0 Å². The SMILES string of the molecule is Cc1cc(CN)ccc1-c1cc(F)ccc1F. The van der Waals surface area contributed by atoms with Crippen molar-refractivity contribution in [1.82, 2.24) is 0 Å². The molecule has 0 saturated heterocycles. The Morgan fingerprint density at radius 1 is 1.00 bits per heavy atom. The maximum absolute atomic E-state index is 13.6. The van der Waals surface area contributed by atoms with Crippen LogP contribution in [0.1, 0.15) is 11.1 Å². The fourth-order valence-corrected chi connectivity index (χ4v) is 1.86. The van der Waals surface area contributed by atoms with Crippen LogP contribution in [0.4, 0.5) is 8.78 Å². The first-order valence-electron chi connectivity index (χ1n) is 5.37. The Labute approximate surface area is 98.9 Å². The van der Waals surface area contributed by atoms with E-state index in [-0.39, 0.29) is 5.56 Å². The van der Waals surface area contributed by atoms with Crippen LogP contribution in [0.15, 0.2) is 36.4 Å². The monoisotopic (exact) mass is 233 g/mol. The third-order valence-corrected chi connectivity index (χ3v) is 2.75. The van der Waals surface area contributed by atoms with Crippen molar-refractivity contribution in [3.63, 3.8) is 0 Å². The van der Waals surface area contributed by atoms with Crippen LogP contribution in [-0.4, -0.2) is 0 Å². The van der Waals surface area contributed by atoms with Crippen LogP contribution in [0, 0.1) is 18.6 Å². The second-order valence-electron chi connectivity index (χ2n) is 3.98. The van der Waals surface area contributed by atoms with Crippen LogP contribution >= 0.6 is 0 Å². The fraction of sp³-hybridized carbons (Fsp3) is 0.143. The predicted octanol–water partition coefficient (Wildman–Crippen LogP) is 3.40. The standard InChI is InChI=1S/C14H13F2N/c1-9-6-10(8-17)2-4-12(9)13-7-11(15)3-5-14(13)16/h2-7H,8,17H2,1H3. The van der Waals surface area contributed by atoms with E-state index in [2.05, 4.69) is 0 Å². The molecule has 2 rings (SSSR count). The van der Waals surface area contributed by atoms with E-state index < -0.39 is 11.6 Å². The molecule has 0 aromatic heterocycles. The number of hydrogen-bond donors (Lipinski definition) is 1. The summed E-state index contributed by atoms with van der Waals surface area (Å²) in [5.74, 6) is -0.862. The van der Waals surface area contributed by atoms with Crippen molar-refractivity contribution in [3.8, 4) is 11.1 Å². The van der Waals surface area contributed by atoms with Gasteiger partial charge >= 0.3 is 0 Å². The van der Waals surface area contributed by atoms with Gasteiger partial charge in [-0.05, 0) is 41.8 Å². The van der Waals surface area contributed by atoms with Crippen molar-refractivity contribution >= 4 is 0 Å². The quantitative estimate of drug-likeness (QED) is 0.845. The van der Waals surface area contributed by atoms with E-state index in [9.17, 15) is 8.78 Å². The van der Waals surface area contributed by atoms with Crippen molar-refractivity contribution in [2.45, 2.75) is 13.5 Å². The van der Waals surface area contributed by atoms with Crippen LogP contribution < -0.4 is 5.73 Å². The Morgan fingerprint density at radius 3 is 2.41 bits per heavy atom. The maximum Gasteiger partial charge on any atom is 0.131 e. The minimum absolute atomic E-state index is 0.283. The van der Waals surface area contributed by atoms with Gasteiger partial charge in [0.05, 0.1) is 0 Å². The van der Waals surface area contributed by atoms with Crippen molar-refractivity contribution < 1.29 is 8.78 Å². The number of benzene rings is 2. The molecule has 0 unspecified atom stereocenters. The second-order valence-corrected chi connectivity index (χ2v) is 3.98. The molecular weight excluding hydrogens is 220 g/mol. The van der Waals surface area contributed by atoms with Crippen LogP contribution in [-0.2, 0) is 6.54 Å². The summed E-state index contributed by atoms with van der Waals surface area (Å²) in [5.41, 5.74) is 8.37. The van der Waals surface area contributed by atoms with Gasteiger partial charge in [0.15, 0.2) is 0 Å². The molecular formula is C14H13F2N. The van der Waals surface area contributed by atoms with E-state index in [4.69, 9.17) is 5.73 Å². The van der Waals surface area contributed by atoms with Crippen molar-refractivity contribution in [3.05, 3.63) is 59.2 Å². The lowest BCUT2D eigenvalue weighted by Gasteiger charge is -2.09. The van der Waals surface area contributed by atoms with Gasteiger partial charge in [0.25, 0.3) is 0 Å². The van der Waals surface area contributed by atoms with E-state index in [1.54, 1.807) is 6.07 Å². The molecule has 0 atom stereocenters. The number of hydrogen-bond acceptors (Lipinski definition) is 1. The molecule has 0 heterocycles. The Kier molecular flexibility index (Phi) is 3.20. The van der Waals surface area contributed by atoms with Gasteiger partial charge in [-0.3, -0.25) is 0 Å². The minimum atomic E-state index is -0.441. The molecule has 0 saturated carbocycles. The van der Waals surface area contributed by atoms with Crippen molar-refractivity contribution in [2.24, 2.45) is 5.73 Å². The molecule has 0 fully saturated rings. The molecule has 2 aromatic rings. The van der Waals surface area contributed by atoms with Gasteiger partial charge < -0.3 is 5.73 Å². The first-order chi connectivity index (χ1) is 8.11. The van der Waals surface area contributed by atoms with E-state index >= 15 is 0 Å². The Morgan fingerprint density at radius 2 is 1.76 bits per heavy atom. The van der Waals surface area contributed by atoms with Gasteiger partial charge in [-0.25, -0.2) is 8.78 Å². The molecule has 0 spiro atoms. The molecule has 1 nitrogen and oxygen atoms in total. The van der Waals surface area contributed by atoms with Gasteiger partial charge in [0.1, 0.15) is 11.6 Å². The predicted molar refractivity (Wildman–Crippen MR) is 64.4 cm³/mol. The van der Waals surface area contributed by atoms with Gasteiger partial charge in [-0.1, -0.05) is 18.2 Å². The summed E-state index contributed by atoms with van der Waals surface area (Å²) in [4.78, 5) is 0. The molecule has 17 heavy (non-hydrogen) atoms. The molecule has 0 bridgehead atoms. The normalized spacial score (nSPS) is 10.6. The summed E-state index contributed by atoms with van der Waals surface area (Å²) >= 11 is 0. The molecule has 0 aliphatic carbocycles. The summed E-state index contributed by atoms with van der Waals surface area (Å²) in [6, 6.07) is 8.95. The summed E-state index contributed by atoms with van der Waals surface area (Å²) < 4.78 is 26.7. The Bertz CT molecular complexity index is 550. The van der Waals surface area contributed by atoms with E-state index in [0.29, 0.717) is 12.1 Å². The number of rotatable bonds is 2. The van der Waals surface area contributed by atoms with Gasteiger partial charge in [-0.15, -0.1) is 0 Å². The lowest BCUT2D eigenvalue weighted by Crippen LogP contribution is -1.97. The minimum Gasteiger partial charge on any atom is -0.326 e. The Hall–Kier alpha value is -1.74. The van der Waals surface area contributed by atoms with E-state index in [0.717, 1.165) is 23.3 Å². The second kappa shape index (κ2) is 4.63. The highest BCUT2D eigenvalue weighted by Crippen LogP contribution is 2.27. The van der Waals surface area contributed by atoms with Gasteiger partial charge in [-0.2, -0.15) is 0 Å². The molecule has 2 N–H and O–H groups in total. The molecule has 88 valence electrons. The van der Waals surface area contributed by atoms with Gasteiger partial charge in [0, 0.05) is 12.1 Å². The number of halogens is 2. The first kappa shape index (κ1) is 11.7. The zero-order valence-electron chi connectivity index (χ0n) is 9.50. The average molecular weight is 233 g/mol. The molecule has 0 aliphatic heterocycles. The Balaban J connectivity index is 2.56. The molecule has 0 radical (unpaired) electrons. The number of aryl methyl sites for hydroxylation is 1. The third-order valence-electron chi connectivity index (χ3n) is 2.75. The summed E-state index contributed by atoms with van der Waals surface area (Å²) in [5, 5.41) is 0. The molecule has 3 heteroatoms. The van der Waals surface area contributed by atoms with E-state index in [1.807, 2.05) is 19.1 Å². The average Bonchev–Trinajstić information content (AvgIpc) is 2.32. The van der Waals surface area contributed by atoms with E-state index in [1.165, 1.54) is 6.07 Å². The zero-order valence-corrected chi connectivity index (χ0v) is 9.50. The highest BCUT2D eigenvalue weighted by Gasteiger charge is 2.09. The summed E-state index contributed by atoms with van der Waals surface area (Å²) in [7, 11) is 0. The van der Waals surface area contributed by atoms with Crippen molar-refractivity contribution in [2.75, 3.05) is 0 Å². The van der Waals surface area contributed by atoms with Crippen molar-refractivity contribution in [1.29, 1.82) is 0 Å². The van der Waals surface area contributed by atoms with Crippen LogP contribution in [0.2, 0.25) is 0 Å². The fourth-order valence-electron chi connectivity index (χ4n) is 1.86. The number of nitrogens with two attached hydrogens (primary N) is 1. The first-order valence-corrected chi connectivity index (χ1v) is 5.37. The molecule has 0 aliphatic rings. The van der Waals surface area contributed by atoms with Crippen LogP contribution in [0.5, 0.6) is 0 Å². The highest BCUT2D eigenvalue weighted by atomic mass is 19.1. The lowest BCUT2D eigenvalue weighted by molar-refractivity contribution is 0.603. The summed E-state index contributed by atoms with van der Waals surface area (Å²) in [6.45, 7) is 2.30. The highest BCUT2D eigenvalue weighted by molar-refractivity contribution is 5.68. The summed E-state index contributed by atoms with van der Waals surface area (Å²) in [6.07, 6.45) is 0. The largest absolute Gasteiger partial charge is 0.326 e.